The number of benzene rings is 1. The standard InChI is InChI=1S/C10H8N2O4/c13-5-8(14)9-6-3-1-2-4-7(6)10(11-9)12(15)16/h1-5,9-11H. The molecule has 82 valence electrons. The second-order valence-corrected chi connectivity index (χ2v) is 3.44. The van der Waals surface area contributed by atoms with Gasteiger partial charge in [-0.15, -0.1) is 0 Å². The van der Waals surface area contributed by atoms with Crippen molar-refractivity contribution in [1.29, 1.82) is 0 Å². The lowest BCUT2D eigenvalue weighted by molar-refractivity contribution is -0.534. The van der Waals surface area contributed by atoms with Crippen molar-refractivity contribution in [2.45, 2.75) is 12.2 Å². The summed E-state index contributed by atoms with van der Waals surface area (Å²) in [5, 5.41) is 13.3. The SMILES string of the molecule is O=CC(=O)C1NC([N+](=O)[O-])c2ccccc21. The van der Waals surface area contributed by atoms with Crippen molar-refractivity contribution in [1.82, 2.24) is 5.32 Å². The number of carbonyl (C=O) groups is 2. The first-order valence-corrected chi connectivity index (χ1v) is 4.62. The highest BCUT2D eigenvalue weighted by molar-refractivity contribution is 6.27. The lowest BCUT2D eigenvalue weighted by Crippen LogP contribution is -2.29. The van der Waals surface area contributed by atoms with Crippen LogP contribution in [-0.2, 0) is 9.59 Å². The predicted molar refractivity (Wildman–Crippen MR) is 53.1 cm³/mol. The van der Waals surface area contributed by atoms with E-state index >= 15 is 0 Å². The summed E-state index contributed by atoms with van der Waals surface area (Å²) in [7, 11) is 0. The molecule has 0 aliphatic carbocycles. The number of aldehydes is 1. The summed E-state index contributed by atoms with van der Waals surface area (Å²) in [6.45, 7) is 0. The highest BCUT2D eigenvalue weighted by Crippen LogP contribution is 2.33. The number of nitrogens with one attached hydrogen (secondary N) is 1. The zero-order valence-corrected chi connectivity index (χ0v) is 8.12. The van der Waals surface area contributed by atoms with Gasteiger partial charge in [-0.1, -0.05) is 24.3 Å². The summed E-state index contributed by atoms with van der Waals surface area (Å²) in [5.41, 5.74) is 0.939. The van der Waals surface area contributed by atoms with E-state index in [-0.39, 0.29) is 6.29 Å². The average Bonchev–Trinajstić information content (AvgIpc) is 2.67. The molecule has 1 heterocycles. The van der Waals surface area contributed by atoms with Gasteiger partial charge in [-0.25, -0.2) is 5.32 Å². The van der Waals surface area contributed by atoms with Crippen LogP contribution in [0.3, 0.4) is 0 Å². The molecule has 2 unspecified atom stereocenters. The van der Waals surface area contributed by atoms with Crippen molar-refractivity contribution in [3.63, 3.8) is 0 Å². The van der Waals surface area contributed by atoms with Crippen LogP contribution in [0.4, 0.5) is 0 Å². The van der Waals surface area contributed by atoms with Crippen LogP contribution >= 0.6 is 0 Å². The Morgan fingerprint density at radius 3 is 2.56 bits per heavy atom. The Hall–Kier alpha value is -2.08. The van der Waals surface area contributed by atoms with Gasteiger partial charge >= 0.3 is 0 Å². The minimum Gasteiger partial charge on any atom is -0.295 e. The molecule has 0 saturated heterocycles. The van der Waals surface area contributed by atoms with E-state index in [4.69, 9.17) is 0 Å². The fraction of sp³-hybridized carbons (Fsp3) is 0.200. The molecule has 1 aromatic carbocycles. The third-order valence-electron chi connectivity index (χ3n) is 2.54. The van der Waals surface area contributed by atoms with Gasteiger partial charge in [0.15, 0.2) is 6.29 Å². The molecule has 2 atom stereocenters. The van der Waals surface area contributed by atoms with Crippen LogP contribution in [0.25, 0.3) is 0 Å². The van der Waals surface area contributed by atoms with Crippen molar-refractivity contribution in [2.24, 2.45) is 0 Å². The number of Topliss-reactive ketones (excluding diaryl/α,β-unsaturated/α-hetero) is 1. The van der Waals surface area contributed by atoms with Crippen molar-refractivity contribution >= 4 is 12.1 Å². The smallest absolute Gasteiger partial charge is 0.292 e. The van der Waals surface area contributed by atoms with E-state index in [9.17, 15) is 19.7 Å². The molecule has 0 bridgehead atoms. The maximum absolute atomic E-state index is 11.3. The Morgan fingerprint density at radius 2 is 2.00 bits per heavy atom. The molecule has 0 spiro atoms. The third-order valence-corrected chi connectivity index (χ3v) is 2.54. The largest absolute Gasteiger partial charge is 0.295 e. The zero-order valence-electron chi connectivity index (χ0n) is 8.12. The van der Waals surface area contributed by atoms with E-state index in [0.29, 0.717) is 11.1 Å². The molecule has 6 heteroatoms. The van der Waals surface area contributed by atoms with Crippen molar-refractivity contribution in [3.8, 4) is 0 Å². The van der Waals surface area contributed by atoms with Crippen LogP contribution in [0.2, 0.25) is 0 Å². The molecule has 1 aliphatic rings. The number of rotatable bonds is 3. The highest BCUT2D eigenvalue weighted by atomic mass is 16.6. The van der Waals surface area contributed by atoms with Gasteiger partial charge in [-0.2, -0.15) is 0 Å². The van der Waals surface area contributed by atoms with E-state index in [1.165, 1.54) is 0 Å². The monoisotopic (exact) mass is 220 g/mol. The number of nitro groups is 1. The summed E-state index contributed by atoms with van der Waals surface area (Å²) < 4.78 is 0. The molecule has 0 radical (unpaired) electrons. The van der Waals surface area contributed by atoms with Crippen molar-refractivity contribution < 1.29 is 14.5 Å². The average molecular weight is 220 g/mol. The number of hydrogen-bond donors (Lipinski definition) is 1. The first-order chi connectivity index (χ1) is 7.65. The first kappa shape index (κ1) is 10.4. The zero-order chi connectivity index (χ0) is 11.7. The number of carbonyl (C=O) groups excluding carboxylic acids is 2. The Kier molecular flexibility index (Phi) is 2.49. The molecule has 0 aromatic heterocycles. The second kappa shape index (κ2) is 3.82. The number of hydrogen-bond acceptors (Lipinski definition) is 5. The van der Waals surface area contributed by atoms with Crippen LogP contribution in [0.1, 0.15) is 23.3 Å². The summed E-state index contributed by atoms with van der Waals surface area (Å²) in [6, 6.07) is 5.62. The summed E-state index contributed by atoms with van der Waals surface area (Å²) in [6.07, 6.45) is -0.943. The van der Waals surface area contributed by atoms with Gasteiger partial charge in [0.25, 0.3) is 6.17 Å². The summed E-state index contributed by atoms with van der Waals surface area (Å²) >= 11 is 0. The van der Waals surface area contributed by atoms with Gasteiger partial charge in [0.2, 0.25) is 5.78 Å². The lowest BCUT2D eigenvalue weighted by Gasteiger charge is -2.05. The Bertz CT molecular complexity index is 472. The molecular weight excluding hydrogens is 212 g/mol. The molecule has 0 saturated carbocycles. The molecule has 1 aliphatic heterocycles. The maximum Gasteiger partial charge on any atom is 0.292 e. The lowest BCUT2D eigenvalue weighted by atomic mass is 10.0. The molecule has 1 N–H and O–H groups in total. The van der Waals surface area contributed by atoms with Crippen LogP contribution in [0.15, 0.2) is 24.3 Å². The molecule has 1 aromatic rings. The summed E-state index contributed by atoms with van der Waals surface area (Å²) in [5.74, 6) is -0.697. The minimum atomic E-state index is -1.12. The van der Waals surface area contributed by atoms with Gasteiger partial charge in [0.05, 0.1) is 0 Å². The van der Waals surface area contributed by atoms with E-state index in [2.05, 4.69) is 5.32 Å². The third kappa shape index (κ3) is 1.49. The van der Waals surface area contributed by atoms with Crippen molar-refractivity contribution in [2.75, 3.05) is 0 Å². The first-order valence-electron chi connectivity index (χ1n) is 4.62. The van der Waals surface area contributed by atoms with Gasteiger partial charge < -0.3 is 0 Å². The number of fused-ring (bicyclic) bond motifs is 1. The number of ketones is 1. The van der Waals surface area contributed by atoms with Crippen LogP contribution in [0.5, 0.6) is 0 Å². The van der Waals surface area contributed by atoms with Crippen LogP contribution in [0, 0.1) is 10.1 Å². The Balaban J connectivity index is 2.46. The molecule has 0 fully saturated rings. The normalized spacial score (nSPS) is 22.5. The molecule has 16 heavy (non-hydrogen) atoms. The quantitative estimate of drug-likeness (QED) is 0.344. The van der Waals surface area contributed by atoms with Gasteiger partial charge in [0.1, 0.15) is 6.04 Å². The predicted octanol–water partition coefficient (Wildman–Crippen LogP) is 0.374. The molecule has 2 rings (SSSR count). The maximum atomic E-state index is 11.3. The second-order valence-electron chi connectivity index (χ2n) is 3.44. The van der Waals surface area contributed by atoms with Gasteiger partial charge in [-0.05, 0) is 5.56 Å². The molecular formula is C10H8N2O4. The van der Waals surface area contributed by atoms with E-state index in [0.717, 1.165) is 0 Å². The number of nitrogens with zero attached hydrogens (tertiary/aromatic N) is 1. The van der Waals surface area contributed by atoms with Crippen molar-refractivity contribution in [3.05, 3.63) is 45.5 Å². The minimum absolute atomic E-state index is 0.177. The molecule has 0 amide bonds. The van der Waals surface area contributed by atoms with Gasteiger partial charge in [-0.3, -0.25) is 19.7 Å². The Labute approximate surface area is 90.4 Å². The molecule has 6 nitrogen and oxygen atoms in total. The van der Waals surface area contributed by atoms with E-state index in [1.54, 1.807) is 24.3 Å². The van der Waals surface area contributed by atoms with E-state index < -0.39 is 22.9 Å². The van der Waals surface area contributed by atoms with Crippen LogP contribution in [-0.4, -0.2) is 17.0 Å². The van der Waals surface area contributed by atoms with Gasteiger partial charge in [0, 0.05) is 10.5 Å². The fourth-order valence-electron chi connectivity index (χ4n) is 1.84. The highest BCUT2D eigenvalue weighted by Gasteiger charge is 2.40. The Morgan fingerprint density at radius 1 is 1.38 bits per heavy atom. The topological polar surface area (TPSA) is 89.3 Å². The van der Waals surface area contributed by atoms with E-state index in [1.807, 2.05) is 0 Å². The van der Waals surface area contributed by atoms with Crippen LogP contribution < -0.4 is 5.32 Å². The summed E-state index contributed by atoms with van der Waals surface area (Å²) in [4.78, 5) is 32.0. The fourth-order valence-corrected chi connectivity index (χ4v) is 1.84.